The van der Waals surface area contributed by atoms with Crippen LogP contribution in [0.1, 0.15) is 5.56 Å². The molecule has 0 aliphatic carbocycles. The van der Waals surface area contributed by atoms with Crippen molar-refractivity contribution < 1.29 is 14.6 Å². The third kappa shape index (κ3) is 2.33. The van der Waals surface area contributed by atoms with Gasteiger partial charge in [-0.15, -0.1) is 0 Å². The first-order valence-electron chi connectivity index (χ1n) is 4.75. The number of hydrogen-bond acceptors (Lipinski definition) is 3. The van der Waals surface area contributed by atoms with Crippen LogP contribution in [0.25, 0.3) is 0 Å². The molecule has 1 aromatic carbocycles. The summed E-state index contributed by atoms with van der Waals surface area (Å²) in [6.07, 6.45) is 0.621. The Bertz CT molecular complexity index is 361. The molecule has 82 valence electrons. The van der Waals surface area contributed by atoms with E-state index in [1.807, 2.05) is 18.2 Å². The van der Waals surface area contributed by atoms with E-state index in [1.165, 1.54) is 0 Å². The molecule has 1 aliphatic rings. The number of ether oxygens (including phenoxy) is 2. The normalized spacial score (nSPS) is 18.3. The summed E-state index contributed by atoms with van der Waals surface area (Å²) in [5.74, 6) is 0.801. The molecular formula is C11H13BrO3. The standard InChI is InChI=1S/C11H13BrO3/c1-14-10-3-2-8(4-9(10)12)5-11(13)6-15-7-11/h2-4,13H,5-7H2,1H3. The molecule has 1 heterocycles. The number of rotatable bonds is 3. The fourth-order valence-corrected chi connectivity index (χ4v) is 2.23. The lowest BCUT2D eigenvalue weighted by atomic mass is 9.93. The van der Waals surface area contributed by atoms with Crippen LogP contribution in [0.2, 0.25) is 0 Å². The van der Waals surface area contributed by atoms with Crippen molar-refractivity contribution in [2.24, 2.45) is 0 Å². The second kappa shape index (κ2) is 4.12. The van der Waals surface area contributed by atoms with Gasteiger partial charge in [-0.05, 0) is 33.6 Å². The van der Waals surface area contributed by atoms with Gasteiger partial charge in [-0.25, -0.2) is 0 Å². The Hall–Kier alpha value is -0.580. The third-order valence-electron chi connectivity index (χ3n) is 2.49. The number of hydrogen-bond donors (Lipinski definition) is 1. The quantitative estimate of drug-likeness (QED) is 0.912. The lowest BCUT2D eigenvalue weighted by Crippen LogP contribution is -2.51. The van der Waals surface area contributed by atoms with Crippen molar-refractivity contribution in [1.82, 2.24) is 0 Å². The van der Waals surface area contributed by atoms with E-state index in [0.717, 1.165) is 15.8 Å². The van der Waals surface area contributed by atoms with Crippen LogP contribution in [-0.2, 0) is 11.2 Å². The minimum Gasteiger partial charge on any atom is -0.496 e. The van der Waals surface area contributed by atoms with E-state index in [2.05, 4.69) is 15.9 Å². The first-order valence-corrected chi connectivity index (χ1v) is 5.55. The fraction of sp³-hybridized carbons (Fsp3) is 0.455. The summed E-state index contributed by atoms with van der Waals surface area (Å²) >= 11 is 3.42. The van der Waals surface area contributed by atoms with Gasteiger partial charge in [0.25, 0.3) is 0 Å². The first kappa shape index (κ1) is 10.9. The van der Waals surface area contributed by atoms with Crippen molar-refractivity contribution in [2.45, 2.75) is 12.0 Å². The molecule has 2 rings (SSSR count). The molecular weight excluding hydrogens is 260 g/mol. The summed E-state index contributed by atoms with van der Waals surface area (Å²) in [6, 6.07) is 5.82. The van der Waals surface area contributed by atoms with Gasteiger partial charge in [0.15, 0.2) is 0 Å². The maximum absolute atomic E-state index is 9.91. The van der Waals surface area contributed by atoms with Crippen LogP contribution in [0.4, 0.5) is 0 Å². The van der Waals surface area contributed by atoms with Crippen LogP contribution in [0.5, 0.6) is 5.75 Å². The van der Waals surface area contributed by atoms with E-state index in [1.54, 1.807) is 7.11 Å². The van der Waals surface area contributed by atoms with Crippen molar-refractivity contribution in [3.63, 3.8) is 0 Å². The highest BCUT2D eigenvalue weighted by molar-refractivity contribution is 9.10. The number of benzene rings is 1. The minimum atomic E-state index is -0.673. The Kier molecular flexibility index (Phi) is 3.00. The van der Waals surface area contributed by atoms with Crippen molar-refractivity contribution in [3.05, 3.63) is 28.2 Å². The van der Waals surface area contributed by atoms with Gasteiger partial charge in [-0.1, -0.05) is 6.07 Å². The highest BCUT2D eigenvalue weighted by atomic mass is 79.9. The maximum atomic E-state index is 9.91. The van der Waals surface area contributed by atoms with Gasteiger partial charge >= 0.3 is 0 Å². The summed E-state index contributed by atoms with van der Waals surface area (Å²) in [5, 5.41) is 9.91. The van der Waals surface area contributed by atoms with Crippen LogP contribution in [0.3, 0.4) is 0 Å². The van der Waals surface area contributed by atoms with Gasteiger partial charge in [-0.2, -0.15) is 0 Å². The van der Waals surface area contributed by atoms with Crippen molar-refractivity contribution in [3.8, 4) is 5.75 Å². The largest absolute Gasteiger partial charge is 0.496 e. The van der Waals surface area contributed by atoms with Crippen LogP contribution in [-0.4, -0.2) is 31.0 Å². The van der Waals surface area contributed by atoms with E-state index < -0.39 is 5.60 Å². The molecule has 0 atom stereocenters. The van der Waals surface area contributed by atoms with E-state index >= 15 is 0 Å². The third-order valence-corrected chi connectivity index (χ3v) is 3.11. The fourth-order valence-electron chi connectivity index (χ4n) is 1.64. The number of halogens is 1. The van der Waals surface area contributed by atoms with Gasteiger partial charge in [0.1, 0.15) is 11.4 Å². The summed E-state index contributed by atoms with van der Waals surface area (Å²) < 4.78 is 11.0. The Morgan fingerprint density at radius 2 is 2.27 bits per heavy atom. The zero-order valence-corrected chi connectivity index (χ0v) is 10.1. The molecule has 1 N–H and O–H groups in total. The van der Waals surface area contributed by atoms with Crippen LogP contribution in [0.15, 0.2) is 22.7 Å². The predicted molar refractivity (Wildman–Crippen MR) is 60.2 cm³/mol. The van der Waals surface area contributed by atoms with E-state index in [4.69, 9.17) is 9.47 Å². The Labute approximate surface area is 97.1 Å². The Balaban J connectivity index is 2.12. The average molecular weight is 273 g/mol. The highest BCUT2D eigenvalue weighted by Gasteiger charge is 2.36. The molecule has 1 saturated heterocycles. The van der Waals surface area contributed by atoms with E-state index in [0.29, 0.717) is 19.6 Å². The van der Waals surface area contributed by atoms with Gasteiger partial charge in [0.2, 0.25) is 0 Å². The molecule has 15 heavy (non-hydrogen) atoms. The van der Waals surface area contributed by atoms with Gasteiger partial charge < -0.3 is 14.6 Å². The van der Waals surface area contributed by atoms with Crippen molar-refractivity contribution in [1.29, 1.82) is 0 Å². The van der Waals surface area contributed by atoms with Crippen molar-refractivity contribution >= 4 is 15.9 Å². The topological polar surface area (TPSA) is 38.7 Å². The maximum Gasteiger partial charge on any atom is 0.133 e. The molecule has 0 bridgehead atoms. The molecule has 0 saturated carbocycles. The zero-order valence-electron chi connectivity index (χ0n) is 8.50. The molecule has 4 heteroatoms. The second-order valence-corrected chi connectivity index (χ2v) is 4.72. The van der Waals surface area contributed by atoms with E-state index in [-0.39, 0.29) is 0 Å². The average Bonchev–Trinajstić information content (AvgIpc) is 2.16. The van der Waals surface area contributed by atoms with Crippen molar-refractivity contribution in [2.75, 3.05) is 20.3 Å². The smallest absolute Gasteiger partial charge is 0.133 e. The molecule has 1 fully saturated rings. The summed E-state index contributed by atoms with van der Waals surface area (Å²) in [4.78, 5) is 0. The van der Waals surface area contributed by atoms with Gasteiger partial charge in [0, 0.05) is 6.42 Å². The number of aliphatic hydroxyl groups is 1. The SMILES string of the molecule is COc1ccc(CC2(O)COC2)cc1Br. The Morgan fingerprint density at radius 1 is 1.53 bits per heavy atom. The van der Waals surface area contributed by atoms with Crippen LogP contribution >= 0.6 is 15.9 Å². The Morgan fingerprint density at radius 3 is 2.73 bits per heavy atom. The highest BCUT2D eigenvalue weighted by Crippen LogP contribution is 2.28. The molecule has 0 spiro atoms. The molecule has 0 amide bonds. The molecule has 0 aromatic heterocycles. The van der Waals surface area contributed by atoms with Crippen LogP contribution in [0, 0.1) is 0 Å². The number of methoxy groups -OCH3 is 1. The molecule has 0 unspecified atom stereocenters. The summed E-state index contributed by atoms with van der Waals surface area (Å²) in [5.41, 5.74) is 0.405. The van der Waals surface area contributed by atoms with E-state index in [9.17, 15) is 5.11 Å². The first-order chi connectivity index (χ1) is 7.13. The zero-order chi connectivity index (χ0) is 10.9. The molecule has 0 radical (unpaired) electrons. The monoisotopic (exact) mass is 272 g/mol. The minimum absolute atomic E-state index is 0.427. The lowest BCUT2D eigenvalue weighted by molar-refractivity contribution is -0.176. The summed E-state index contributed by atoms with van der Waals surface area (Å²) in [6.45, 7) is 0.854. The summed E-state index contributed by atoms with van der Waals surface area (Å²) in [7, 11) is 1.63. The lowest BCUT2D eigenvalue weighted by Gasteiger charge is -2.36. The van der Waals surface area contributed by atoms with Crippen LogP contribution < -0.4 is 4.74 Å². The second-order valence-electron chi connectivity index (χ2n) is 3.86. The predicted octanol–water partition coefficient (Wildman–Crippen LogP) is 1.76. The molecule has 1 aromatic rings. The van der Waals surface area contributed by atoms with Gasteiger partial charge in [0.05, 0.1) is 24.8 Å². The molecule has 3 nitrogen and oxygen atoms in total. The van der Waals surface area contributed by atoms with Gasteiger partial charge in [-0.3, -0.25) is 0 Å². The molecule has 1 aliphatic heterocycles.